The normalized spacial score (nSPS) is 30.8. The van der Waals surface area contributed by atoms with E-state index >= 15 is 0 Å². The number of hydrogen-bond acceptors (Lipinski definition) is 3. The summed E-state index contributed by atoms with van der Waals surface area (Å²) >= 11 is 1.45. The van der Waals surface area contributed by atoms with Crippen LogP contribution in [0.5, 0.6) is 0 Å². The molecule has 3 heteroatoms. The highest BCUT2D eigenvalue weighted by Crippen LogP contribution is 2.32. The van der Waals surface area contributed by atoms with E-state index in [1.165, 1.54) is 12.2 Å². The Labute approximate surface area is 54.5 Å². The van der Waals surface area contributed by atoms with Crippen LogP contribution in [0.25, 0.3) is 0 Å². The summed E-state index contributed by atoms with van der Waals surface area (Å²) in [6.45, 7) is 6.37. The third-order valence-electron chi connectivity index (χ3n) is 1.14. The summed E-state index contributed by atoms with van der Waals surface area (Å²) in [5, 5.41) is 0. The molecule has 0 aromatic heterocycles. The van der Waals surface area contributed by atoms with Gasteiger partial charge in [-0.05, 0) is 20.8 Å². The molecule has 2 nitrogen and oxygen atoms in total. The maximum atomic E-state index is 5.05. The second-order valence-corrected chi connectivity index (χ2v) is 2.99. The van der Waals surface area contributed by atoms with Gasteiger partial charge in [0.2, 0.25) is 0 Å². The predicted molar refractivity (Wildman–Crippen MR) is 35.1 cm³/mol. The second-order valence-electron chi connectivity index (χ2n) is 2.22. The third kappa shape index (κ3) is 0.989. The van der Waals surface area contributed by atoms with Gasteiger partial charge in [-0.1, -0.05) is 0 Å². The van der Waals surface area contributed by atoms with Gasteiger partial charge in [0.25, 0.3) is 0 Å². The fourth-order valence-electron chi connectivity index (χ4n) is 0.685. The summed E-state index contributed by atoms with van der Waals surface area (Å²) in [7, 11) is 0. The van der Waals surface area contributed by atoms with Gasteiger partial charge >= 0.3 is 0 Å². The third-order valence-corrected chi connectivity index (χ3v) is 2.39. The molecule has 1 aliphatic heterocycles. The van der Waals surface area contributed by atoms with E-state index in [1.807, 2.05) is 0 Å². The SMILES string of the molecule is CC(C)N1SOC1C. The number of nitrogens with zero attached hydrogens (tertiary/aromatic N) is 1. The van der Waals surface area contributed by atoms with Gasteiger partial charge in [-0.25, -0.2) is 0 Å². The summed E-state index contributed by atoms with van der Waals surface area (Å²) in [4.78, 5) is 0. The van der Waals surface area contributed by atoms with E-state index in [9.17, 15) is 0 Å². The van der Waals surface area contributed by atoms with Gasteiger partial charge < -0.3 is 0 Å². The molecular weight excluding hydrogens is 122 g/mol. The average Bonchev–Trinajstić information content (AvgIpc) is 1.61. The molecule has 0 aromatic carbocycles. The number of rotatable bonds is 1. The Balaban J connectivity index is 2.26. The Hall–Kier alpha value is 0.270. The molecule has 1 rings (SSSR count). The van der Waals surface area contributed by atoms with Gasteiger partial charge in [0.15, 0.2) is 0 Å². The largest absolute Gasteiger partial charge is 0.281 e. The molecule has 1 atom stereocenters. The van der Waals surface area contributed by atoms with E-state index in [-0.39, 0.29) is 0 Å². The Bertz CT molecular complexity index is 81.7. The van der Waals surface area contributed by atoms with E-state index in [0.717, 1.165) is 0 Å². The molecule has 1 saturated heterocycles. The Kier molecular flexibility index (Phi) is 1.80. The first-order valence-corrected chi connectivity index (χ1v) is 3.53. The van der Waals surface area contributed by atoms with Crippen LogP contribution in [0.2, 0.25) is 0 Å². The van der Waals surface area contributed by atoms with E-state index in [4.69, 9.17) is 4.18 Å². The van der Waals surface area contributed by atoms with E-state index in [2.05, 4.69) is 25.1 Å². The highest BCUT2D eigenvalue weighted by Gasteiger charge is 2.28. The fourth-order valence-corrected chi connectivity index (χ4v) is 1.21. The van der Waals surface area contributed by atoms with E-state index < -0.39 is 0 Å². The van der Waals surface area contributed by atoms with Crippen molar-refractivity contribution in [3.05, 3.63) is 0 Å². The minimum Gasteiger partial charge on any atom is -0.281 e. The first kappa shape index (κ1) is 6.39. The van der Waals surface area contributed by atoms with Gasteiger partial charge in [0.1, 0.15) is 6.23 Å². The molecule has 0 radical (unpaired) electrons. The molecule has 48 valence electrons. The zero-order valence-corrected chi connectivity index (χ0v) is 6.23. The van der Waals surface area contributed by atoms with Gasteiger partial charge in [-0.3, -0.25) is 4.18 Å². The average molecular weight is 133 g/mol. The van der Waals surface area contributed by atoms with Crippen LogP contribution in [-0.2, 0) is 4.18 Å². The van der Waals surface area contributed by atoms with Crippen LogP contribution in [0, 0.1) is 0 Å². The van der Waals surface area contributed by atoms with Gasteiger partial charge in [-0.15, -0.1) is 0 Å². The molecule has 1 unspecified atom stereocenters. The summed E-state index contributed by atoms with van der Waals surface area (Å²) in [6.07, 6.45) is 0.319. The van der Waals surface area contributed by atoms with E-state index in [1.54, 1.807) is 0 Å². The number of hydrogen-bond donors (Lipinski definition) is 0. The first-order valence-electron chi connectivity index (χ1n) is 2.83. The maximum absolute atomic E-state index is 5.05. The van der Waals surface area contributed by atoms with Crippen molar-refractivity contribution in [3.63, 3.8) is 0 Å². The van der Waals surface area contributed by atoms with Crippen LogP contribution in [0.4, 0.5) is 0 Å². The lowest BCUT2D eigenvalue weighted by molar-refractivity contribution is 0.0444. The smallest absolute Gasteiger partial charge is 0.134 e. The van der Waals surface area contributed by atoms with Crippen molar-refractivity contribution >= 4 is 12.2 Å². The zero-order valence-electron chi connectivity index (χ0n) is 5.42. The van der Waals surface area contributed by atoms with E-state index in [0.29, 0.717) is 12.3 Å². The van der Waals surface area contributed by atoms with Crippen molar-refractivity contribution in [3.8, 4) is 0 Å². The minimum atomic E-state index is 0.319. The molecule has 0 aromatic rings. The zero-order chi connectivity index (χ0) is 6.15. The lowest BCUT2D eigenvalue weighted by Crippen LogP contribution is -2.41. The monoisotopic (exact) mass is 133 g/mol. The molecule has 0 aliphatic carbocycles. The summed E-state index contributed by atoms with van der Waals surface area (Å²) < 4.78 is 7.26. The first-order chi connectivity index (χ1) is 3.72. The highest BCUT2D eigenvalue weighted by atomic mass is 32.2. The molecular formula is C5H11NOS. The quantitative estimate of drug-likeness (QED) is 0.398. The molecule has 0 bridgehead atoms. The lowest BCUT2D eigenvalue weighted by Gasteiger charge is -2.38. The predicted octanol–water partition coefficient (Wildman–Crippen LogP) is 1.64. The molecule has 1 fully saturated rings. The lowest BCUT2D eigenvalue weighted by atomic mass is 10.4. The molecule has 1 heterocycles. The van der Waals surface area contributed by atoms with Crippen molar-refractivity contribution < 1.29 is 4.18 Å². The van der Waals surface area contributed by atoms with Crippen LogP contribution in [-0.4, -0.2) is 16.6 Å². The van der Waals surface area contributed by atoms with Crippen molar-refractivity contribution in [2.45, 2.75) is 33.0 Å². The Morgan fingerprint density at radius 3 is 2.25 bits per heavy atom. The topological polar surface area (TPSA) is 12.5 Å². The summed E-state index contributed by atoms with van der Waals surface area (Å²) in [5.41, 5.74) is 0. The Morgan fingerprint density at radius 2 is 2.25 bits per heavy atom. The molecule has 0 saturated carbocycles. The summed E-state index contributed by atoms with van der Waals surface area (Å²) in [6, 6.07) is 0.601. The second kappa shape index (κ2) is 2.25. The minimum absolute atomic E-state index is 0.319. The van der Waals surface area contributed by atoms with Crippen molar-refractivity contribution in [2.24, 2.45) is 0 Å². The molecule has 1 aliphatic rings. The maximum Gasteiger partial charge on any atom is 0.134 e. The van der Waals surface area contributed by atoms with Crippen molar-refractivity contribution in [2.75, 3.05) is 0 Å². The fraction of sp³-hybridized carbons (Fsp3) is 1.00. The van der Waals surface area contributed by atoms with Gasteiger partial charge in [0.05, 0.1) is 12.2 Å². The molecule has 0 amide bonds. The van der Waals surface area contributed by atoms with Gasteiger partial charge in [-0.2, -0.15) is 4.31 Å². The van der Waals surface area contributed by atoms with Crippen molar-refractivity contribution in [1.29, 1.82) is 0 Å². The summed E-state index contributed by atoms with van der Waals surface area (Å²) in [5.74, 6) is 0. The van der Waals surface area contributed by atoms with Crippen LogP contribution in [0.3, 0.4) is 0 Å². The highest BCUT2D eigenvalue weighted by molar-refractivity contribution is 7.93. The standard InChI is InChI=1S/C5H11NOS/c1-4(2)6-5(3)7-8-6/h4-5H,1-3H3. The van der Waals surface area contributed by atoms with Gasteiger partial charge in [0, 0.05) is 6.04 Å². The van der Waals surface area contributed by atoms with Crippen LogP contribution in [0.15, 0.2) is 0 Å². The molecule has 0 N–H and O–H groups in total. The van der Waals surface area contributed by atoms with Crippen molar-refractivity contribution in [1.82, 2.24) is 4.31 Å². The van der Waals surface area contributed by atoms with Crippen LogP contribution in [0.1, 0.15) is 20.8 Å². The van der Waals surface area contributed by atoms with Crippen LogP contribution < -0.4 is 0 Å². The van der Waals surface area contributed by atoms with Crippen LogP contribution >= 0.6 is 12.2 Å². The Morgan fingerprint density at radius 1 is 1.62 bits per heavy atom. The molecule has 8 heavy (non-hydrogen) atoms. The molecule has 0 spiro atoms.